The first-order chi connectivity index (χ1) is 16.1. The number of carbonyl (C=O) groups excluding carboxylic acids is 2. The molecule has 0 spiro atoms. The van der Waals surface area contributed by atoms with Crippen LogP contribution in [0.4, 0.5) is 0 Å². The number of amides is 2. The van der Waals surface area contributed by atoms with Crippen LogP contribution >= 0.6 is 0 Å². The molecule has 1 saturated heterocycles. The third kappa shape index (κ3) is 4.84. The van der Waals surface area contributed by atoms with Crippen LogP contribution < -0.4 is 5.32 Å². The molecule has 174 valence electrons. The number of nitrogens with one attached hydrogen (secondary N) is 1. The van der Waals surface area contributed by atoms with E-state index in [2.05, 4.69) is 34.5 Å². The molecule has 33 heavy (non-hydrogen) atoms. The fourth-order valence-electron chi connectivity index (χ4n) is 5.97. The van der Waals surface area contributed by atoms with Gasteiger partial charge in [-0.05, 0) is 42.9 Å². The minimum Gasteiger partial charge on any atom is -0.353 e. The van der Waals surface area contributed by atoms with E-state index in [-0.39, 0.29) is 11.8 Å². The molecular weight excluding hydrogens is 410 g/mol. The van der Waals surface area contributed by atoms with Crippen LogP contribution in [0.1, 0.15) is 72.9 Å². The number of carbonyl (C=O) groups is 2. The van der Waals surface area contributed by atoms with Crippen LogP contribution in [0.15, 0.2) is 54.6 Å². The topological polar surface area (TPSA) is 52.7 Å². The molecule has 3 aliphatic rings. The van der Waals surface area contributed by atoms with Crippen molar-refractivity contribution < 1.29 is 9.59 Å². The lowest BCUT2D eigenvalue weighted by Crippen LogP contribution is -2.57. The lowest BCUT2D eigenvalue weighted by Gasteiger charge is -2.47. The summed E-state index contributed by atoms with van der Waals surface area (Å²) in [7, 11) is 0. The summed E-state index contributed by atoms with van der Waals surface area (Å²) in [6.45, 7) is 3.32. The maximum Gasteiger partial charge on any atom is 0.254 e. The van der Waals surface area contributed by atoms with Crippen LogP contribution in [-0.4, -0.2) is 46.3 Å². The van der Waals surface area contributed by atoms with Crippen molar-refractivity contribution in [2.45, 2.75) is 76.0 Å². The molecule has 0 aromatic heterocycles. The van der Waals surface area contributed by atoms with Crippen molar-refractivity contribution >= 4 is 11.8 Å². The first-order valence-electron chi connectivity index (χ1n) is 12.6. The molecule has 5 nitrogen and oxygen atoms in total. The van der Waals surface area contributed by atoms with Crippen molar-refractivity contribution in [3.05, 3.63) is 71.3 Å². The van der Waals surface area contributed by atoms with Gasteiger partial charge in [0.15, 0.2) is 0 Å². The Hall–Kier alpha value is -2.66. The van der Waals surface area contributed by atoms with Gasteiger partial charge in [-0.2, -0.15) is 0 Å². The third-order valence-electron chi connectivity index (χ3n) is 7.89. The van der Waals surface area contributed by atoms with Gasteiger partial charge in [0.1, 0.15) is 0 Å². The smallest absolute Gasteiger partial charge is 0.254 e. The molecule has 1 N–H and O–H groups in total. The molecule has 1 aliphatic carbocycles. The minimum absolute atomic E-state index is 0.0903. The van der Waals surface area contributed by atoms with Gasteiger partial charge in [-0.1, -0.05) is 67.8 Å². The van der Waals surface area contributed by atoms with Gasteiger partial charge in [0.2, 0.25) is 5.91 Å². The van der Waals surface area contributed by atoms with E-state index in [0.29, 0.717) is 19.0 Å². The van der Waals surface area contributed by atoms with E-state index in [0.717, 1.165) is 56.4 Å². The number of hydrogen-bond donors (Lipinski definition) is 1. The van der Waals surface area contributed by atoms with Crippen molar-refractivity contribution in [3.8, 4) is 0 Å². The quantitative estimate of drug-likeness (QED) is 0.712. The maximum atomic E-state index is 13.4. The summed E-state index contributed by atoms with van der Waals surface area (Å²) in [5.74, 6) is 0.203. The summed E-state index contributed by atoms with van der Waals surface area (Å²) in [6.07, 6.45) is 7.90. The zero-order valence-electron chi connectivity index (χ0n) is 19.5. The minimum atomic E-state index is -0.415. The molecular formula is C28H35N3O2. The van der Waals surface area contributed by atoms with Crippen LogP contribution in [0.25, 0.3) is 0 Å². The Morgan fingerprint density at radius 1 is 0.939 bits per heavy atom. The molecule has 2 amide bonds. The molecule has 2 heterocycles. The highest BCUT2D eigenvalue weighted by atomic mass is 16.2. The van der Waals surface area contributed by atoms with Gasteiger partial charge < -0.3 is 10.2 Å². The van der Waals surface area contributed by atoms with Crippen molar-refractivity contribution in [2.24, 2.45) is 0 Å². The molecule has 2 aromatic rings. The summed E-state index contributed by atoms with van der Waals surface area (Å²) in [5.41, 5.74) is 2.78. The summed E-state index contributed by atoms with van der Waals surface area (Å²) < 4.78 is 0. The number of likely N-dealkylation sites (tertiary alicyclic amines) is 1. The highest BCUT2D eigenvalue weighted by molar-refractivity contribution is 5.99. The summed E-state index contributed by atoms with van der Waals surface area (Å²) in [6, 6.07) is 18.8. The fourth-order valence-corrected chi connectivity index (χ4v) is 5.97. The second kappa shape index (κ2) is 9.68. The van der Waals surface area contributed by atoms with Crippen molar-refractivity contribution in [3.63, 3.8) is 0 Å². The van der Waals surface area contributed by atoms with E-state index >= 15 is 0 Å². The zero-order chi connectivity index (χ0) is 22.7. The lowest BCUT2D eigenvalue weighted by atomic mass is 9.81. The third-order valence-corrected chi connectivity index (χ3v) is 7.89. The second-order valence-corrected chi connectivity index (χ2v) is 10.1. The number of piperidine rings is 1. The van der Waals surface area contributed by atoms with Crippen LogP contribution in [-0.2, 0) is 17.9 Å². The average molecular weight is 446 g/mol. The van der Waals surface area contributed by atoms with E-state index < -0.39 is 5.54 Å². The molecule has 5 heteroatoms. The molecule has 2 fully saturated rings. The number of nitrogens with zero attached hydrogens (tertiary/aromatic N) is 2. The summed E-state index contributed by atoms with van der Waals surface area (Å²) in [4.78, 5) is 31.1. The van der Waals surface area contributed by atoms with Crippen LogP contribution in [0, 0.1) is 0 Å². The van der Waals surface area contributed by atoms with E-state index in [1.165, 1.54) is 24.8 Å². The normalized spacial score (nSPS) is 21.1. The van der Waals surface area contributed by atoms with Gasteiger partial charge in [-0.15, -0.1) is 0 Å². The number of benzene rings is 2. The second-order valence-electron chi connectivity index (χ2n) is 10.1. The number of hydrogen-bond acceptors (Lipinski definition) is 3. The van der Waals surface area contributed by atoms with Gasteiger partial charge >= 0.3 is 0 Å². The van der Waals surface area contributed by atoms with Crippen LogP contribution in [0.2, 0.25) is 0 Å². The largest absolute Gasteiger partial charge is 0.353 e. The molecule has 2 aliphatic heterocycles. The van der Waals surface area contributed by atoms with Gasteiger partial charge in [-0.3, -0.25) is 14.5 Å². The Labute approximate surface area is 197 Å². The van der Waals surface area contributed by atoms with E-state index in [1.807, 2.05) is 35.2 Å². The number of rotatable bonds is 6. The summed E-state index contributed by atoms with van der Waals surface area (Å²) in [5, 5.41) is 3.31. The Morgan fingerprint density at radius 3 is 2.36 bits per heavy atom. The van der Waals surface area contributed by atoms with E-state index in [1.54, 1.807) is 0 Å². The first kappa shape index (κ1) is 22.1. The molecule has 0 bridgehead atoms. The predicted molar refractivity (Wildman–Crippen MR) is 130 cm³/mol. The van der Waals surface area contributed by atoms with Gasteiger partial charge in [-0.25, -0.2) is 0 Å². The Morgan fingerprint density at radius 2 is 1.64 bits per heavy atom. The Kier molecular flexibility index (Phi) is 6.50. The van der Waals surface area contributed by atoms with Crippen LogP contribution in [0.3, 0.4) is 0 Å². The average Bonchev–Trinajstić information content (AvgIpc) is 3.19. The first-order valence-corrected chi connectivity index (χ1v) is 12.6. The Bertz CT molecular complexity index is 976. The monoisotopic (exact) mass is 445 g/mol. The molecule has 1 saturated carbocycles. The van der Waals surface area contributed by atoms with Gasteiger partial charge in [0.25, 0.3) is 5.91 Å². The lowest BCUT2D eigenvalue weighted by molar-refractivity contribution is -0.125. The van der Waals surface area contributed by atoms with Crippen molar-refractivity contribution in [1.29, 1.82) is 0 Å². The van der Waals surface area contributed by atoms with E-state index in [4.69, 9.17) is 0 Å². The number of fused-ring (bicyclic) bond motifs is 1. The summed E-state index contributed by atoms with van der Waals surface area (Å²) >= 11 is 0. The zero-order valence-corrected chi connectivity index (χ0v) is 19.5. The highest BCUT2D eigenvalue weighted by Crippen LogP contribution is 2.39. The fraction of sp³-hybridized carbons (Fsp3) is 0.500. The van der Waals surface area contributed by atoms with Crippen molar-refractivity contribution in [1.82, 2.24) is 15.1 Å². The molecule has 0 radical (unpaired) electrons. The van der Waals surface area contributed by atoms with Gasteiger partial charge in [0.05, 0.1) is 12.0 Å². The molecule has 0 atom stereocenters. The maximum absolute atomic E-state index is 13.4. The van der Waals surface area contributed by atoms with E-state index in [9.17, 15) is 9.59 Å². The van der Waals surface area contributed by atoms with Crippen LogP contribution in [0.5, 0.6) is 0 Å². The van der Waals surface area contributed by atoms with Gasteiger partial charge in [0, 0.05) is 37.8 Å². The molecule has 0 unspecified atom stereocenters. The predicted octanol–water partition coefficient (Wildman–Crippen LogP) is 4.52. The Balaban J connectivity index is 1.32. The van der Waals surface area contributed by atoms with Crippen molar-refractivity contribution in [2.75, 3.05) is 13.1 Å². The standard InChI is InChI=1S/C28H35N3O2/c32-26(29-24-12-5-2-6-13-24)19-28(31-21-23-11-7-8-14-25(23)27(31)33)15-17-30(18-16-28)20-22-9-3-1-4-10-22/h1,3-4,7-11,14,24H,2,5-6,12-13,15-21H2,(H,29,32). The highest BCUT2D eigenvalue weighted by Gasteiger charge is 2.46. The molecule has 2 aromatic carbocycles. The SMILES string of the molecule is O=C(CC1(N2Cc3ccccc3C2=O)CCN(Cc2ccccc2)CC1)NC1CCCCC1. The molecule has 5 rings (SSSR count).